The Labute approximate surface area is 161 Å². The molecule has 0 aliphatic rings. The van der Waals surface area contributed by atoms with Gasteiger partial charge in [0.15, 0.2) is 12.3 Å². The number of halogens is 3. The van der Waals surface area contributed by atoms with Crippen LogP contribution in [0, 0.1) is 0 Å². The lowest BCUT2D eigenvalue weighted by molar-refractivity contribution is -0.140. The predicted molar refractivity (Wildman–Crippen MR) is 96.7 cm³/mol. The minimum Gasteiger partial charge on any atom is -0.451 e. The molecule has 0 radical (unpaired) electrons. The van der Waals surface area contributed by atoms with Crippen molar-refractivity contribution in [3.05, 3.63) is 70.6 Å². The van der Waals surface area contributed by atoms with Crippen LogP contribution in [-0.2, 0) is 9.53 Å². The number of esters is 1. The van der Waals surface area contributed by atoms with Crippen molar-refractivity contribution in [1.29, 1.82) is 0 Å². The first-order valence-corrected chi connectivity index (χ1v) is 8.34. The van der Waals surface area contributed by atoms with Crippen LogP contribution in [0.3, 0.4) is 0 Å². The lowest BCUT2D eigenvalue weighted by Gasteiger charge is -2.11. The van der Waals surface area contributed by atoms with Gasteiger partial charge in [-0.05, 0) is 18.2 Å². The molecule has 0 aliphatic heterocycles. The summed E-state index contributed by atoms with van der Waals surface area (Å²) in [5.74, 6) is -2.16. The number of fused-ring (bicyclic) bond motifs is 1. The molecule has 0 saturated carbocycles. The van der Waals surface area contributed by atoms with Gasteiger partial charge in [0, 0.05) is 5.39 Å². The van der Waals surface area contributed by atoms with E-state index in [0.717, 1.165) is 4.68 Å². The van der Waals surface area contributed by atoms with E-state index in [1.807, 2.05) is 0 Å². The van der Waals surface area contributed by atoms with Crippen molar-refractivity contribution >= 4 is 22.6 Å². The maximum atomic E-state index is 12.7. The normalized spacial score (nSPS) is 11.3. The first-order chi connectivity index (χ1) is 13.8. The molecule has 0 bridgehead atoms. The number of hydrogen-bond donors (Lipinski definition) is 1. The monoisotopic (exact) mass is 405 g/mol. The largest absolute Gasteiger partial charge is 0.451 e. The molecule has 7 nitrogen and oxygen atoms in total. The van der Waals surface area contributed by atoms with Gasteiger partial charge >= 0.3 is 12.1 Å². The second kappa shape index (κ2) is 8.13. The fourth-order valence-corrected chi connectivity index (χ4v) is 2.53. The summed E-state index contributed by atoms with van der Waals surface area (Å²) in [7, 11) is 0. The van der Waals surface area contributed by atoms with Crippen LogP contribution in [0.5, 0.6) is 0 Å². The lowest BCUT2D eigenvalue weighted by atomic mass is 10.1. The van der Waals surface area contributed by atoms with Crippen molar-refractivity contribution in [2.75, 3.05) is 13.2 Å². The van der Waals surface area contributed by atoms with Gasteiger partial charge < -0.3 is 10.1 Å². The van der Waals surface area contributed by atoms with E-state index in [-0.39, 0.29) is 16.5 Å². The zero-order chi connectivity index (χ0) is 21.0. The number of carbonyl (C=O) groups is 2. The van der Waals surface area contributed by atoms with Gasteiger partial charge in [-0.3, -0.25) is 9.59 Å². The maximum Gasteiger partial charge on any atom is 0.405 e. The molecule has 1 N–H and O–H groups in total. The van der Waals surface area contributed by atoms with Crippen molar-refractivity contribution in [3.63, 3.8) is 0 Å². The third-order valence-corrected chi connectivity index (χ3v) is 3.82. The number of ether oxygens (including phenoxy) is 1. The van der Waals surface area contributed by atoms with E-state index in [1.54, 1.807) is 47.8 Å². The van der Waals surface area contributed by atoms with Crippen LogP contribution in [0.25, 0.3) is 16.5 Å². The molecule has 10 heteroatoms. The van der Waals surface area contributed by atoms with Crippen LogP contribution in [0.2, 0.25) is 0 Å². The maximum absolute atomic E-state index is 12.7. The number of rotatable bonds is 5. The second-order valence-corrected chi connectivity index (χ2v) is 5.91. The smallest absolute Gasteiger partial charge is 0.405 e. The molecular weight excluding hydrogens is 391 g/mol. The number of carbonyl (C=O) groups excluding carboxylic acids is 2. The number of aromatic nitrogens is 2. The van der Waals surface area contributed by atoms with E-state index in [4.69, 9.17) is 4.74 Å². The standard InChI is InChI=1S/C19H14F3N3O4/c20-19(21,22)11-23-15(26)10-29-18(28)16-13-8-4-5-9-14(13)17(27)25(24-16)12-6-2-1-3-7-12/h1-9H,10-11H2,(H,23,26). The van der Waals surface area contributed by atoms with Gasteiger partial charge in [-0.15, -0.1) is 0 Å². The second-order valence-electron chi connectivity index (χ2n) is 5.91. The van der Waals surface area contributed by atoms with Crippen LogP contribution >= 0.6 is 0 Å². The summed E-state index contributed by atoms with van der Waals surface area (Å²) in [5, 5.41) is 6.04. The molecule has 0 unspecified atom stereocenters. The Morgan fingerprint density at radius 2 is 1.62 bits per heavy atom. The molecule has 3 aromatic rings. The first kappa shape index (κ1) is 20.1. The molecule has 0 saturated heterocycles. The average Bonchev–Trinajstić information content (AvgIpc) is 2.71. The van der Waals surface area contributed by atoms with Gasteiger partial charge in [0.25, 0.3) is 11.5 Å². The Bertz CT molecular complexity index is 1110. The lowest BCUT2D eigenvalue weighted by Crippen LogP contribution is -2.36. The van der Waals surface area contributed by atoms with Crippen LogP contribution in [0.1, 0.15) is 10.5 Å². The van der Waals surface area contributed by atoms with Crippen LogP contribution in [-0.4, -0.2) is 41.0 Å². The minimum atomic E-state index is -4.58. The van der Waals surface area contributed by atoms with Crippen molar-refractivity contribution < 1.29 is 27.5 Å². The Morgan fingerprint density at radius 1 is 1.00 bits per heavy atom. The van der Waals surface area contributed by atoms with E-state index in [2.05, 4.69) is 5.10 Å². The number of benzene rings is 2. The van der Waals surface area contributed by atoms with Crippen LogP contribution in [0.15, 0.2) is 59.4 Å². The highest BCUT2D eigenvalue weighted by molar-refractivity contribution is 6.02. The molecule has 2 aromatic carbocycles. The molecule has 0 spiro atoms. The van der Waals surface area contributed by atoms with Crippen molar-refractivity contribution in [2.24, 2.45) is 0 Å². The number of nitrogens with zero attached hydrogens (tertiary/aromatic N) is 2. The molecule has 0 aliphatic carbocycles. The van der Waals surface area contributed by atoms with Gasteiger partial charge in [0.2, 0.25) is 0 Å². The summed E-state index contributed by atoms with van der Waals surface area (Å²) >= 11 is 0. The molecule has 0 atom stereocenters. The SMILES string of the molecule is O=C(COC(=O)c1nn(-c2ccccc2)c(=O)c2ccccc12)NCC(F)(F)F. The zero-order valence-electron chi connectivity index (χ0n) is 14.8. The van der Waals surface area contributed by atoms with Crippen molar-refractivity contribution in [1.82, 2.24) is 15.1 Å². The third-order valence-electron chi connectivity index (χ3n) is 3.82. The number of hydrogen-bond acceptors (Lipinski definition) is 5. The van der Waals surface area contributed by atoms with Crippen LogP contribution < -0.4 is 10.9 Å². The zero-order valence-corrected chi connectivity index (χ0v) is 14.8. The summed E-state index contributed by atoms with van der Waals surface area (Å²) in [4.78, 5) is 36.7. The Balaban J connectivity index is 1.90. The van der Waals surface area contributed by atoms with Crippen molar-refractivity contribution in [3.8, 4) is 5.69 Å². The fraction of sp³-hybridized carbons (Fsp3) is 0.158. The number of amides is 1. The molecule has 1 aromatic heterocycles. The summed E-state index contributed by atoms with van der Waals surface area (Å²) in [5.41, 5.74) is -0.306. The highest BCUT2D eigenvalue weighted by Gasteiger charge is 2.28. The van der Waals surface area contributed by atoms with Gasteiger partial charge in [-0.2, -0.15) is 23.0 Å². The van der Waals surface area contributed by atoms with Gasteiger partial charge in [-0.25, -0.2) is 4.79 Å². The highest BCUT2D eigenvalue weighted by atomic mass is 19.4. The molecule has 1 amide bonds. The number of para-hydroxylation sites is 1. The van der Waals surface area contributed by atoms with E-state index in [0.29, 0.717) is 5.69 Å². The summed E-state index contributed by atoms with van der Waals surface area (Å²) in [6.07, 6.45) is -4.58. The third kappa shape index (κ3) is 4.78. The molecular formula is C19H14F3N3O4. The fourth-order valence-electron chi connectivity index (χ4n) is 2.53. The molecule has 3 rings (SSSR count). The van der Waals surface area contributed by atoms with Gasteiger partial charge in [-0.1, -0.05) is 36.4 Å². The quantitative estimate of drug-likeness (QED) is 0.658. The number of alkyl halides is 3. The molecule has 150 valence electrons. The number of nitrogens with one attached hydrogen (secondary N) is 1. The Hall–Kier alpha value is -3.69. The van der Waals surface area contributed by atoms with E-state index < -0.39 is 36.8 Å². The summed E-state index contributed by atoms with van der Waals surface area (Å²) < 4.78 is 42.2. The molecule has 29 heavy (non-hydrogen) atoms. The van der Waals surface area contributed by atoms with E-state index in [9.17, 15) is 27.6 Å². The van der Waals surface area contributed by atoms with E-state index in [1.165, 1.54) is 12.1 Å². The van der Waals surface area contributed by atoms with Gasteiger partial charge in [0.1, 0.15) is 6.54 Å². The topological polar surface area (TPSA) is 90.3 Å². The predicted octanol–water partition coefficient (Wildman–Crippen LogP) is 2.22. The first-order valence-electron chi connectivity index (χ1n) is 8.34. The average molecular weight is 405 g/mol. The summed E-state index contributed by atoms with van der Waals surface area (Å²) in [6.45, 7) is -2.46. The summed E-state index contributed by atoms with van der Waals surface area (Å²) in [6, 6.07) is 14.5. The van der Waals surface area contributed by atoms with Gasteiger partial charge in [0.05, 0.1) is 11.1 Å². The Morgan fingerprint density at radius 3 is 2.28 bits per heavy atom. The highest BCUT2D eigenvalue weighted by Crippen LogP contribution is 2.16. The van der Waals surface area contributed by atoms with Crippen LogP contribution in [0.4, 0.5) is 13.2 Å². The molecule has 1 heterocycles. The Kier molecular flexibility index (Phi) is 5.62. The minimum absolute atomic E-state index is 0.194. The van der Waals surface area contributed by atoms with E-state index >= 15 is 0 Å². The molecule has 0 fully saturated rings. The van der Waals surface area contributed by atoms with Crippen molar-refractivity contribution in [2.45, 2.75) is 6.18 Å².